The fraction of sp³-hybridized carbons (Fsp3) is 0.588. The van der Waals surface area contributed by atoms with Crippen LogP contribution in [0.3, 0.4) is 0 Å². The Hall–Kier alpha value is -1.06. The van der Waals surface area contributed by atoms with Crippen molar-refractivity contribution in [2.75, 3.05) is 0 Å². The fourth-order valence-corrected chi connectivity index (χ4v) is 3.79. The van der Waals surface area contributed by atoms with Gasteiger partial charge in [-0.15, -0.1) is 0 Å². The Bertz CT molecular complexity index is 516. The van der Waals surface area contributed by atoms with E-state index in [0.717, 1.165) is 29.8 Å². The molecule has 4 atom stereocenters. The summed E-state index contributed by atoms with van der Waals surface area (Å²) >= 11 is 5.98. The highest BCUT2D eigenvalue weighted by molar-refractivity contribution is 6.30. The largest absolute Gasteiger partial charge is 0.319 e. The van der Waals surface area contributed by atoms with Crippen molar-refractivity contribution < 1.29 is 4.79 Å². The van der Waals surface area contributed by atoms with Gasteiger partial charge in [0.15, 0.2) is 0 Å². The summed E-state index contributed by atoms with van der Waals surface area (Å²) in [7, 11) is 0. The van der Waals surface area contributed by atoms with Crippen LogP contribution in [0.5, 0.6) is 0 Å². The molecular formula is C17H23ClN2O. The molecule has 1 aliphatic carbocycles. The molecule has 4 heteroatoms. The Balaban J connectivity index is 1.88. The average Bonchev–Trinajstić information content (AvgIpc) is 3.03. The Labute approximate surface area is 131 Å². The summed E-state index contributed by atoms with van der Waals surface area (Å²) in [4.78, 5) is 14.8. The number of benzene rings is 1. The summed E-state index contributed by atoms with van der Waals surface area (Å²) in [6, 6.07) is 8.17. The molecule has 1 amide bonds. The van der Waals surface area contributed by atoms with E-state index < -0.39 is 0 Å². The van der Waals surface area contributed by atoms with E-state index in [1.807, 2.05) is 24.3 Å². The van der Waals surface area contributed by atoms with Crippen LogP contribution in [-0.2, 0) is 4.79 Å². The van der Waals surface area contributed by atoms with Crippen molar-refractivity contribution in [2.45, 2.75) is 57.8 Å². The van der Waals surface area contributed by atoms with Crippen LogP contribution >= 0.6 is 11.6 Å². The summed E-state index contributed by atoms with van der Waals surface area (Å²) < 4.78 is 0. The van der Waals surface area contributed by atoms with Crippen LogP contribution in [0.4, 0.5) is 0 Å². The molecule has 1 aromatic carbocycles. The molecule has 1 aliphatic heterocycles. The lowest BCUT2D eigenvalue weighted by Gasteiger charge is -2.30. The molecule has 1 saturated heterocycles. The molecule has 21 heavy (non-hydrogen) atoms. The van der Waals surface area contributed by atoms with E-state index in [0.29, 0.717) is 12.0 Å². The lowest BCUT2D eigenvalue weighted by Crippen LogP contribution is -2.38. The molecule has 0 aromatic heterocycles. The van der Waals surface area contributed by atoms with E-state index in [4.69, 9.17) is 11.6 Å². The van der Waals surface area contributed by atoms with Gasteiger partial charge in [-0.3, -0.25) is 10.1 Å². The molecule has 1 N–H and O–H groups in total. The maximum atomic E-state index is 12.7. The van der Waals surface area contributed by atoms with E-state index >= 15 is 0 Å². The molecule has 3 rings (SSSR count). The SMILES string of the molecule is CCC1NC(c2ccc(Cl)cc2)N(C2CCC(C)C2)C1=O. The smallest absolute Gasteiger partial charge is 0.241 e. The molecule has 1 heterocycles. The van der Waals surface area contributed by atoms with Gasteiger partial charge in [0.2, 0.25) is 5.91 Å². The quantitative estimate of drug-likeness (QED) is 0.922. The maximum Gasteiger partial charge on any atom is 0.241 e. The predicted octanol–water partition coefficient (Wildman–Crippen LogP) is 3.74. The minimum absolute atomic E-state index is 0.00461. The molecule has 114 valence electrons. The maximum absolute atomic E-state index is 12.7. The van der Waals surface area contributed by atoms with Crippen LogP contribution in [0.1, 0.15) is 51.3 Å². The predicted molar refractivity (Wildman–Crippen MR) is 85.1 cm³/mol. The van der Waals surface area contributed by atoms with Crippen molar-refractivity contribution >= 4 is 17.5 Å². The van der Waals surface area contributed by atoms with E-state index in [1.165, 1.54) is 6.42 Å². The lowest BCUT2D eigenvalue weighted by molar-refractivity contribution is -0.132. The van der Waals surface area contributed by atoms with Crippen LogP contribution in [0.25, 0.3) is 0 Å². The normalized spacial score (nSPS) is 32.9. The molecule has 2 aliphatic rings. The van der Waals surface area contributed by atoms with E-state index in [9.17, 15) is 4.79 Å². The molecule has 4 unspecified atom stereocenters. The van der Waals surface area contributed by atoms with Gasteiger partial charge in [0.1, 0.15) is 6.17 Å². The first-order valence-corrected chi connectivity index (χ1v) is 8.31. The lowest BCUT2D eigenvalue weighted by atomic mass is 10.1. The second-order valence-corrected chi connectivity index (χ2v) is 6.84. The van der Waals surface area contributed by atoms with Crippen molar-refractivity contribution in [2.24, 2.45) is 5.92 Å². The zero-order chi connectivity index (χ0) is 15.0. The Morgan fingerprint density at radius 3 is 2.57 bits per heavy atom. The molecule has 2 fully saturated rings. The highest BCUT2D eigenvalue weighted by Gasteiger charge is 2.43. The van der Waals surface area contributed by atoms with E-state index in [-0.39, 0.29) is 18.1 Å². The van der Waals surface area contributed by atoms with Crippen molar-refractivity contribution in [1.29, 1.82) is 0 Å². The minimum Gasteiger partial charge on any atom is -0.319 e. The van der Waals surface area contributed by atoms with Gasteiger partial charge >= 0.3 is 0 Å². The first-order valence-electron chi connectivity index (χ1n) is 7.93. The third-order valence-corrected chi connectivity index (χ3v) is 5.10. The van der Waals surface area contributed by atoms with Crippen LogP contribution < -0.4 is 5.32 Å². The Kier molecular flexibility index (Phi) is 4.23. The number of halogens is 1. The van der Waals surface area contributed by atoms with Crippen molar-refractivity contribution in [1.82, 2.24) is 10.2 Å². The topological polar surface area (TPSA) is 32.3 Å². The second-order valence-electron chi connectivity index (χ2n) is 6.40. The number of nitrogens with zero attached hydrogens (tertiary/aromatic N) is 1. The summed E-state index contributed by atoms with van der Waals surface area (Å²) in [6.45, 7) is 4.35. The average molecular weight is 307 g/mol. The second kappa shape index (κ2) is 5.98. The number of hydrogen-bond acceptors (Lipinski definition) is 2. The molecular weight excluding hydrogens is 284 g/mol. The molecule has 3 nitrogen and oxygen atoms in total. The van der Waals surface area contributed by atoms with Gasteiger partial charge in [0.05, 0.1) is 6.04 Å². The first kappa shape index (κ1) is 14.9. The Morgan fingerprint density at radius 1 is 1.29 bits per heavy atom. The minimum atomic E-state index is -0.0541. The van der Waals surface area contributed by atoms with Gasteiger partial charge in [-0.1, -0.05) is 37.6 Å². The highest BCUT2D eigenvalue weighted by atomic mass is 35.5. The van der Waals surface area contributed by atoms with Gasteiger partial charge in [-0.2, -0.15) is 0 Å². The third-order valence-electron chi connectivity index (χ3n) is 4.84. The van der Waals surface area contributed by atoms with Crippen LogP contribution in [0, 0.1) is 5.92 Å². The third kappa shape index (κ3) is 2.82. The Morgan fingerprint density at radius 2 is 2.00 bits per heavy atom. The fourth-order valence-electron chi connectivity index (χ4n) is 3.66. The van der Waals surface area contributed by atoms with Crippen molar-refractivity contribution in [3.8, 4) is 0 Å². The molecule has 1 aromatic rings. The monoisotopic (exact) mass is 306 g/mol. The first-order chi connectivity index (χ1) is 10.1. The summed E-state index contributed by atoms with van der Waals surface area (Å²) in [6.07, 6.45) is 4.29. The van der Waals surface area contributed by atoms with E-state index in [2.05, 4.69) is 24.1 Å². The number of nitrogens with one attached hydrogen (secondary N) is 1. The van der Waals surface area contributed by atoms with Crippen molar-refractivity contribution in [3.05, 3.63) is 34.9 Å². The number of amides is 1. The van der Waals surface area contributed by atoms with Crippen LogP contribution in [0.2, 0.25) is 5.02 Å². The zero-order valence-electron chi connectivity index (χ0n) is 12.7. The number of carbonyl (C=O) groups is 1. The molecule has 0 bridgehead atoms. The summed E-state index contributed by atoms with van der Waals surface area (Å²) in [5.41, 5.74) is 1.13. The number of rotatable bonds is 3. The van der Waals surface area contributed by atoms with Gasteiger partial charge in [-0.05, 0) is 49.3 Å². The number of hydrogen-bond donors (Lipinski definition) is 1. The summed E-state index contributed by atoms with van der Waals surface area (Å²) in [5.74, 6) is 0.978. The summed E-state index contributed by atoms with van der Waals surface area (Å²) in [5, 5.41) is 4.23. The molecule has 0 spiro atoms. The number of carbonyl (C=O) groups excluding carboxylic acids is 1. The van der Waals surface area contributed by atoms with Gasteiger partial charge in [0, 0.05) is 11.1 Å². The van der Waals surface area contributed by atoms with E-state index in [1.54, 1.807) is 0 Å². The van der Waals surface area contributed by atoms with Gasteiger partial charge in [0.25, 0.3) is 0 Å². The van der Waals surface area contributed by atoms with Gasteiger partial charge in [-0.25, -0.2) is 0 Å². The molecule has 0 radical (unpaired) electrons. The van der Waals surface area contributed by atoms with Crippen LogP contribution in [-0.4, -0.2) is 22.9 Å². The standard InChI is InChI=1S/C17H23ClN2O/c1-3-15-17(21)20(14-9-4-11(2)10-14)16(19-15)12-5-7-13(18)8-6-12/h5-8,11,14-16,19H,3-4,9-10H2,1-2H3. The molecule has 1 saturated carbocycles. The zero-order valence-corrected chi connectivity index (χ0v) is 13.4. The van der Waals surface area contributed by atoms with Gasteiger partial charge < -0.3 is 4.90 Å². The van der Waals surface area contributed by atoms with Crippen LogP contribution in [0.15, 0.2) is 24.3 Å². The van der Waals surface area contributed by atoms with Crippen molar-refractivity contribution in [3.63, 3.8) is 0 Å². The highest BCUT2D eigenvalue weighted by Crippen LogP contribution is 2.37.